The number of para-hydroxylation sites is 1. The van der Waals surface area contributed by atoms with E-state index in [4.69, 9.17) is 0 Å². The van der Waals surface area contributed by atoms with Gasteiger partial charge in [0.15, 0.2) is 0 Å². The first-order valence-electron chi connectivity index (χ1n) is 21.5. The molecule has 0 N–H and O–H groups in total. The van der Waals surface area contributed by atoms with Gasteiger partial charge in [-0.2, -0.15) is 0 Å². The molecule has 325 valence electrons. The molecular weight excluding hydrogens is 897 g/mol. The predicted molar refractivity (Wildman–Crippen MR) is 257 cm³/mol. The zero-order chi connectivity index (χ0) is 43.3. The van der Waals surface area contributed by atoms with Crippen molar-refractivity contribution in [3.8, 4) is 0 Å². The maximum Gasteiger partial charge on any atom is 0.673 e. The number of rotatable bonds is 8. The summed E-state index contributed by atoms with van der Waals surface area (Å²) in [6, 6.07) is 67.6. The van der Waals surface area contributed by atoms with Crippen LogP contribution in [0.15, 0.2) is 182 Å². The third-order valence-corrected chi connectivity index (χ3v) is 13.7. The summed E-state index contributed by atoms with van der Waals surface area (Å²) >= 11 is 0. The molecule has 2 aliphatic rings. The van der Waals surface area contributed by atoms with Crippen LogP contribution >= 0.6 is 7.92 Å². The number of benzene rings is 7. The van der Waals surface area contributed by atoms with Crippen LogP contribution in [0.5, 0.6) is 0 Å². The molecule has 1 aliphatic carbocycles. The second-order valence-electron chi connectivity index (χ2n) is 15.8. The molecule has 0 spiro atoms. The molecule has 0 bridgehead atoms. The van der Waals surface area contributed by atoms with E-state index >= 15 is 0 Å². The normalized spacial score (nSPS) is 16.6. The van der Waals surface area contributed by atoms with Crippen LogP contribution in [0.25, 0.3) is 10.8 Å². The molecule has 9 rings (SSSR count). The second kappa shape index (κ2) is 23.3. The Morgan fingerprint density at radius 2 is 0.905 bits per heavy atom. The first kappa shape index (κ1) is 47.7. The number of anilines is 2. The zero-order valence-electron chi connectivity index (χ0n) is 35.7. The van der Waals surface area contributed by atoms with E-state index in [1.165, 1.54) is 80.4 Å². The minimum Gasteiger partial charge on any atom is -0.418 e. The van der Waals surface area contributed by atoms with E-state index in [1.54, 1.807) is 0 Å². The number of nitrogens with zero attached hydrogens (tertiary/aromatic N) is 2. The van der Waals surface area contributed by atoms with Crippen LogP contribution in [0.3, 0.4) is 0 Å². The molecule has 1 saturated carbocycles. The van der Waals surface area contributed by atoms with Crippen LogP contribution in [0.4, 0.5) is 28.6 Å². The van der Waals surface area contributed by atoms with Crippen molar-refractivity contribution in [1.29, 1.82) is 0 Å². The summed E-state index contributed by atoms with van der Waals surface area (Å²) < 4.78 is 39.0. The van der Waals surface area contributed by atoms with Gasteiger partial charge >= 0.3 is 7.25 Å². The molecule has 7 aromatic rings. The Hall–Kier alpha value is -4.76. The number of fused-ring (bicyclic) bond motifs is 1. The summed E-state index contributed by atoms with van der Waals surface area (Å²) in [4.78, 5) is 5.42. The Labute approximate surface area is 386 Å². The van der Waals surface area contributed by atoms with Gasteiger partial charge in [0.1, 0.15) is 0 Å². The Bertz CT molecular complexity index is 2350. The number of hydrogen-bond acceptors (Lipinski definition) is 2. The standard InChI is InChI=1S/C46H41N2P.C8H12.BF4.Rh/c1-34(2)40-28-17-18-30-42(40)47-33-48(45(37-22-9-4-10-23-37)44(47)36-20-7-3-8-21-36)46-41-29-16-15-19-35(41)31-32-43(46)49(38-24-11-5-12-25-38)39-26-13-6-14-27-39;1-2-4-6-8-7-5-3-1;2-1(3,4)5;/h3-32,34,44-45H,33H2,1-2H3;1-2,7-8H,3-6H2;;/q;;-1;/t44-,45-;;;/m0.../s1. The van der Waals surface area contributed by atoms with E-state index in [0.29, 0.717) is 5.92 Å². The van der Waals surface area contributed by atoms with E-state index in [0.717, 1.165) is 6.67 Å². The van der Waals surface area contributed by atoms with Crippen molar-refractivity contribution in [2.45, 2.75) is 57.5 Å². The van der Waals surface area contributed by atoms with Gasteiger partial charge in [0.2, 0.25) is 0 Å². The van der Waals surface area contributed by atoms with Crippen molar-refractivity contribution < 1.29 is 36.7 Å². The molecule has 0 aromatic heterocycles. The van der Waals surface area contributed by atoms with Crippen molar-refractivity contribution in [2.75, 3.05) is 16.5 Å². The van der Waals surface area contributed by atoms with Gasteiger partial charge in [0.05, 0.1) is 24.4 Å². The van der Waals surface area contributed by atoms with Gasteiger partial charge < -0.3 is 27.1 Å². The summed E-state index contributed by atoms with van der Waals surface area (Å²) in [5.74, 6) is 0.397. The number of hydrogen-bond donors (Lipinski definition) is 0. The SMILES string of the molecule is CC(C)c1ccccc1N1CN(c2c(P(c3ccccc3)c3ccccc3)ccc3ccccc23)[C@@H](c2ccccc2)[C@@H]1c1ccccc1.F[B-](F)(F)F.[CH]1[CH]CC[CH][CH]CC1.[Rh]. The molecule has 0 unspecified atom stereocenters. The van der Waals surface area contributed by atoms with E-state index in [9.17, 15) is 17.3 Å². The first-order valence-corrected chi connectivity index (χ1v) is 22.8. The van der Waals surface area contributed by atoms with E-state index in [1.807, 2.05) is 0 Å². The smallest absolute Gasteiger partial charge is 0.418 e. The van der Waals surface area contributed by atoms with Gasteiger partial charge in [0.25, 0.3) is 0 Å². The Morgan fingerprint density at radius 3 is 1.40 bits per heavy atom. The third kappa shape index (κ3) is 12.5. The second-order valence-corrected chi connectivity index (χ2v) is 17.9. The van der Waals surface area contributed by atoms with Crippen molar-refractivity contribution in [2.24, 2.45) is 0 Å². The fraction of sp³-hybridized carbons (Fsp3) is 0.185. The molecule has 63 heavy (non-hydrogen) atoms. The molecule has 0 amide bonds. The fourth-order valence-corrected chi connectivity index (χ4v) is 11.0. The van der Waals surface area contributed by atoms with Gasteiger partial charge in [-0.3, -0.25) is 0 Å². The average molecular weight is 951 g/mol. The van der Waals surface area contributed by atoms with Crippen LogP contribution in [-0.4, -0.2) is 13.9 Å². The summed E-state index contributed by atoms with van der Waals surface area (Å²) in [6.45, 7) is 5.39. The Balaban J connectivity index is 0.000000409. The van der Waals surface area contributed by atoms with E-state index in [2.05, 4.69) is 231 Å². The summed E-state index contributed by atoms with van der Waals surface area (Å²) in [6.07, 6.45) is 14.0. The quantitative estimate of drug-likeness (QED) is 0.0851. The first-order chi connectivity index (χ1) is 30.2. The van der Waals surface area contributed by atoms with Gasteiger partial charge in [-0.05, 0) is 104 Å². The maximum atomic E-state index is 9.75. The topological polar surface area (TPSA) is 6.48 Å². The van der Waals surface area contributed by atoms with Crippen molar-refractivity contribution in [3.63, 3.8) is 0 Å². The van der Waals surface area contributed by atoms with Crippen molar-refractivity contribution in [3.05, 3.63) is 224 Å². The average Bonchev–Trinajstić information content (AvgIpc) is 3.67. The number of halogens is 4. The molecule has 2 nitrogen and oxygen atoms in total. The van der Waals surface area contributed by atoms with Gasteiger partial charge in [-0.1, -0.05) is 190 Å². The maximum absolute atomic E-state index is 9.75. The minimum atomic E-state index is -6.00. The molecule has 7 aromatic carbocycles. The Kier molecular flexibility index (Phi) is 17.6. The fourth-order valence-electron chi connectivity index (χ4n) is 8.54. The summed E-state index contributed by atoms with van der Waals surface area (Å²) in [5.41, 5.74) is 6.67. The molecule has 2 fully saturated rings. The van der Waals surface area contributed by atoms with Gasteiger partial charge in [0, 0.05) is 35.9 Å². The van der Waals surface area contributed by atoms with Crippen LogP contribution < -0.4 is 25.7 Å². The van der Waals surface area contributed by atoms with Crippen molar-refractivity contribution in [1.82, 2.24) is 0 Å². The van der Waals surface area contributed by atoms with Gasteiger partial charge in [-0.25, -0.2) is 0 Å². The monoisotopic (exact) mass is 950 g/mol. The van der Waals surface area contributed by atoms with Crippen LogP contribution in [0, 0.1) is 25.7 Å². The molecule has 2 atom stereocenters. The molecule has 1 saturated heterocycles. The zero-order valence-corrected chi connectivity index (χ0v) is 38.2. The summed E-state index contributed by atoms with van der Waals surface area (Å²) in [5, 5.41) is 6.67. The van der Waals surface area contributed by atoms with Crippen LogP contribution in [0.2, 0.25) is 0 Å². The van der Waals surface area contributed by atoms with Gasteiger partial charge in [-0.15, -0.1) is 0 Å². The predicted octanol–water partition coefficient (Wildman–Crippen LogP) is 14.2. The third-order valence-electron chi connectivity index (χ3n) is 11.2. The van der Waals surface area contributed by atoms with Crippen LogP contribution in [-0.2, 0) is 19.5 Å². The minimum absolute atomic E-state index is 0. The van der Waals surface area contributed by atoms with Crippen LogP contribution in [0.1, 0.15) is 74.2 Å². The molecule has 1 aliphatic heterocycles. The summed E-state index contributed by atoms with van der Waals surface area (Å²) in [7, 11) is -6.86. The van der Waals surface area contributed by atoms with E-state index < -0.39 is 15.2 Å². The molecule has 9 heteroatoms. The molecule has 5 radical (unpaired) electrons. The van der Waals surface area contributed by atoms with E-state index in [-0.39, 0.29) is 31.6 Å². The van der Waals surface area contributed by atoms with Crippen molar-refractivity contribution >= 4 is 53.2 Å². The molecular formula is C54H53BF4N2PRh-. The molecule has 1 heterocycles. The largest absolute Gasteiger partial charge is 0.673 e. The Morgan fingerprint density at radius 1 is 0.492 bits per heavy atom.